The molecule has 0 saturated heterocycles. The van der Waals surface area contributed by atoms with Gasteiger partial charge in [0, 0.05) is 16.9 Å². The fraction of sp³-hybridized carbons (Fsp3) is 0.615. The maximum absolute atomic E-state index is 6.20. The summed E-state index contributed by atoms with van der Waals surface area (Å²) in [6, 6.07) is 0.463. The van der Waals surface area contributed by atoms with Crippen LogP contribution in [0.4, 0.5) is 5.82 Å². The molecule has 5 nitrogen and oxygen atoms in total. The summed E-state index contributed by atoms with van der Waals surface area (Å²) in [5, 5.41) is 9.03. The van der Waals surface area contributed by atoms with E-state index in [1.54, 1.807) is 4.52 Å². The summed E-state index contributed by atoms with van der Waals surface area (Å²) in [4.78, 5) is 8.36. The fourth-order valence-electron chi connectivity index (χ4n) is 2.75. The van der Waals surface area contributed by atoms with E-state index in [1.165, 1.54) is 25.6 Å². The summed E-state index contributed by atoms with van der Waals surface area (Å²) in [5.74, 6) is 2.62. The minimum Gasteiger partial charge on any atom is -0.366 e. The topological polar surface area (TPSA) is 55.1 Å². The Morgan fingerprint density at radius 1 is 1.50 bits per heavy atom. The fourth-order valence-corrected chi connectivity index (χ4v) is 4.11. The highest BCUT2D eigenvalue weighted by atomic mass is 35.5. The van der Waals surface area contributed by atoms with Gasteiger partial charge in [0.25, 0.3) is 5.78 Å². The quantitative estimate of drug-likeness (QED) is 0.879. The van der Waals surface area contributed by atoms with Crippen LogP contribution in [0.25, 0.3) is 5.78 Å². The Kier molecular flexibility index (Phi) is 4.03. The lowest BCUT2D eigenvalue weighted by Crippen LogP contribution is -2.28. The molecule has 1 fully saturated rings. The van der Waals surface area contributed by atoms with Crippen LogP contribution < -0.4 is 5.32 Å². The summed E-state index contributed by atoms with van der Waals surface area (Å²) in [5.41, 5.74) is 0.928. The third-order valence-corrected chi connectivity index (χ3v) is 5.45. The molecule has 1 saturated carbocycles. The second-order valence-corrected chi connectivity index (χ2v) is 6.90. The van der Waals surface area contributed by atoms with Gasteiger partial charge >= 0.3 is 0 Å². The van der Waals surface area contributed by atoms with Crippen molar-refractivity contribution < 1.29 is 0 Å². The second kappa shape index (κ2) is 5.77. The smallest absolute Gasteiger partial charge is 0.255 e. The molecule has 0 spiro atoms. The van der Waals surface area contributed by atoms with Gasteiger partial charge in [0.2, 0.25) is 0 Å². The van der Waals surface area contributed by atoms with Crippen LogP contribution in [0, 0.1) is 6.92 Å². The SMILES string of the molecule is CCSC1CCCC1Nc1c(C)c(Cl)nc2ncnn12. The first-order valence-electron chi connectivity index (χ1n) is 6.94. The Morgan fingerprint density at radius 2 is 2.35 bits per heavy atom. The van der Waals surface area contributed by atoms with Gasteiger partial charge in [0.15, 0.2) is 0 Å². The van der Waals surface area contributed by atoms with E-state index >= 15 is 0 Å². The van der Waals surface area contributed by atoms with Gasteiger partial charge in [-0.1, -0.05) is 24.9 Å². The van der Waals surface area contributed by atoms with Crippen LogP contribution in [0.3, 0.4) is 0 Å². The van der Waals surface area contributed by atoms with Crippen LogP contribution in [-0.2, 0) is 0 Å². The Balaban J connectivity index is 1.93. The zero-order valence-electron chi connectivity index (χ0n) is 11.6. The van der Waals surface area contributed by atoms with E-state index in [1.807, 2.05) is 18.7 Å². The molecule has 1 aliphatic carbocycles. The Hall–Kier alpha value is -1.01. The van der Waals surface area contributed by atoms with Gasteiger partial charge in [-0.15, -0.1) is 0 Å². The lowest BCUT2D eigenvalue weighted by Gasteiger charge is -2.22. The maximum Gasteiger partial charge on any atom is 0.255 e. The molecule has 0 radical (unpaired) electrons. The highest BCUT2D eigenvalue weighted by Gasteiger charge is 2.28. The zero-order valence-corrected chi connectivity index (χ0v) is 13.2. The van der Waals surface area contributed by atoms with E-state index in [2.05, 4.69) is 27.3 Å². The van der Waals surface area contributed by atoms with Crippen molar-refractivity contribution >= 4 is 35.0 Å². The van der Waals surface area contributed by atoms with Crippen LogP contribution in [0.2, 0.25) is 5.15 Å². The summed E-state index contributed by atoms with van der Waals surface area (Å²) in [6.07, 6.45) is 5.24. The van der Waals surface area contributed by atoms with Crippen molar-refractivity contribution in [2.45, 2.75) is 44.4 Å². The molecule has 2 aromatic rings. The minimum atomic E-state index is 0.463. The average Bonchev–Trinajstić information content (AvgIpc) is 3.04. The highest BCUT2D eigenvalue weighted by Crippen LogP contribution is 2.33. The molecule has 108 valence electrons. The maximum atomic E-state index is 6.20. The molecule has 3 rings (SSSR count). The summed E-state index contributed by atoms with van der Waals surface area (Å²) in [6.45, 7) is 4.18. The van der Waals surface area contributed by atoms with Crippen LogP contribution >= 0.6 is 23.4 Å². The molecule has 1 aliphatic rings. The van der Waals surface area contributed by atoms with E-state index in [9.17, 15) is 0 Å². The number of halogens is 1. The van der Waals surface area contributed by atoms with Crippen molar-refractivity contribution in [1.82, 2.24) is 19.6 Å². The predicted octanol–water partition coefficient (Wildman–Crippen LogP) is 3.17. The van der Waals surface area contributed by atoms with Crippen molar-refractivity contribution in [3.05, 3.63) is 17.0 Å². The van der Waals surface area contributed by atoms with E-state index in [0.29, 0.717) is 22.2 Å². The van der Waals surface area contributed by atoms with Gasteiger partial charge in [-0.2, -0.15) is 31.3 Å². The van der Waals surface area contributed by atoms with Crippen molar-refractivity contribution in [2.24, 2.45) is 0 Å². The first-order chi connectivity index (χ1) is 9.70. The van der Waals surface area contributed by atoms with E-state index in [-0.39, 0.29) is 0 Å². The summed E-state index contributed by atoms with van der Waals surface area (Å²) < 4.78 is 1.74. The van der Waals surface area contributed by atoms with Gasteiger partial charge in [0.05, 0.1) is 0 Å². The molecule has 1 N–H and O–H groups in total. The van der Waals surface area contributed by atoms with Gasteiger partial charge in [-0.3, -0.25) is 0 Å². The molecule has 0 amide bonds. The normalized spacial score (nSPS) is 22.6. The van der Waals surface area contributed by atoms with E-state index in [0.717, 1.165) is 17.1 Å². The first-order valence-corrected chi connectivity index (χ1v) is 8.37. The average molecular weight is 312 g/mol. The number of nitrogens with one attached hydrogen (secondary N) is 1. The Labute approximate surface area is 127 Å². The number of nitrogens with zero attached hydrogens (tertiary/aromatic N) is 4. The largest absolute Gasteiger partial charge is 0.366 e. The summed E-state index contributed by atoms with van der Waals surface area (Å²) >= 11 is 8.22. The number of hydrogen-bond acceptors (Lipinski definition) is 5. The number of thioether (sulfide) groups is 1. The van der Waals surface area contributed by atoms with Crippen molar-refractivity contribution in [3.63, 3.8) is 0 Å². The molecule has 0 aromatic carbocycles. The first kappa shape index (κ1) is 13.9. The Bertz CT molecular complexity index is 614. The molecule has 2 atom stereocenters. The summed E-state index contributed by atoms with van der Waals surface area (Å²) in [7, 11) is 0. The van der Waals surface area contributed by atoms with E-state index < -0.39 is 0 Å². The third kappa shape index (κ3) is 2.46. The second-order valence-electron chi connectivity index (χ2n) is 5.02. The standard InChI is InChI=1S/C13H18ClN5S/c1-3-20-10-6-4-5-9(10)17-12-8(2)11(14)18-13-15-7-16-19(12)13/h7,9-10,17H,3-6H2,1-2H3. The van der Waals surface area contributed by atoms with Gasteiger partial charge in [-0.25, -0.2) is 0 Å². The number of aromatic nitrogens is 4. The van der Waals surface area contributed by atoms with Crippen molar-refractivity contribution in [2.75, 3.05) is 11.1 Å². The lowest BCUT2D eigenvalue weighted by atomic mass is 10.2. The van der Waals surface area contributed by atoms with Crippen LogP contribution in [-0.4, -0.2) is 36.6 Å². The van der Waals surface area contributed by atoms with Crippen molar-refractivity contribution in [3.8, 4) is 0 Å². The van der Waals surface area contributed by atoms with Gasteiger partial charge < -0.3 is 5.32 Å². The number of hydrogen-bond donors (Lipinski definition) is 1. The molecular formula is C13H18ClN5S. The monoisotopic (exact) mass is 311 g/mol. The lowest BCUT2D eigenvalue weighted by molar-refractivity contribution is 0.749. The molecule has 0 bridgehead atoms. The zero-order chi connectivity index (χ0) is 14.1. The minimum absolute atomic E-state index is 0.463. The molecular weight excluding hydrogens is 294 g/mol. The molecule has 2 aromatic heterocycles. The third-order valence-electron chi connectivity index (χ3n) is 3.76. The molecule has 2 unspecified atom stereocenters. The number of rotatable bonds is 4. The molecule has 0 aliphatic heterocycles. The predicted molar refractivity (Wildman–Crippen MR) is 83.7 cm³/mol. The van der Waals surface area contributed by atoms with Gasteiger partial charge in [-0.05, 0) is 25.5 Å². The van der Waals surface area contributed by atoms with Crippen LogP contribution in [0.15, 0.2) is 6.33 Å². The van der Waals surface area contributed by atoms with Crippen molar-refractivity contribution in [1.29, 1.82) is 0 Å². The van der Waals surface area contributed by atoms with Crippen LogP contribution in [0.1, 0.15) is 31.7 Å². The highest BCUT2D eigenvalue weighted by molar-refractivity contribution is 7.99. The van der Waals surface area contributed by atoms with Gasteiger partial charge in [0.1, 0.15) is 17.3 Å². The molecule has 7 heteroatoms. The van der Waals surface area contributed by atoms with E-state index in [4.69, 9.17) is 11.6 Å². The number of anilines is 1. The number of fused-ring (bicyclic) bond motifs is 1. The molecule has 20 heavy (non-hydrogen) atoms. The Morgan fingerprint density at radius 3 is 3.15 bits per heavy atom. The van der Waals surface area contributed by atoms with Crippen LogP contribution in [0.5, 0.6) is 0 Å². The molecule has 2 heterocycles.